The van der Waals surface area contributed by atoms with E-state index in [1.54, 1.807) is 6.20 Å². The first-order chi connectivity index (χ1) is 6.86. The number of amides is 1. The van der Waals surface area contributed by atoms with E-state index in [0.717, 1.165) is 32.4 Å². The highest BCUT2D eigenvalue weighted by molar-refractivity contribution is 5.78. The standard InChI is InChI=1S/C11H14N2O/c14-11-4-2-7-13(11)8-5-10-3-1-6-12-9-10/h1,3,6,9H,2,4-5,7-8H2. The Bertz CT molecular complexity index is 310. The second-order valence-corrected chi connectivity index (χ2v) is 3.60. The Morgan fingerprint density at radius 2 is 2.43 bits per heavy atom. The van der Waals surface area contributed by atoms with Crippen LogP contribution in [0.3, 0.4) is 0 Å². The summed E-state index contributed by atoms with van der Waals surface area (Å²) >= 11 is 0. The number of rotatable bonds is 3. The summed E-state index contributed by atoms with van der Waals surface area (Å²) < 4.78 is 0. The first kappa shape index (κ1) is 9.19. The summed E-state index contributed by atoms with van der Waals surface area (Å²) in [5, 5.41) is 0. The molecule has 0 saturated carbocycles. The molecule has 1 aromatic heterocycles. The molecule has 74 valence electrons. The van der Waals surface area contributed by atoms with Crippen molar-refractivity contribution in [2.75, 3.05) is 13.1 Å². The summed E-state index contributed by atoms with van der Waals surface area (Å²) in [6, 6.07) is 3.98. The van der Waals surface area contributed by atoms with Crippen molar-refractivity contribution in [3.05, 3.63) is 30.1 Å². The van der Waals surface area contributed by atoms with Gasteiger partial charge in [-0.1, -0.05) is 6.07 Å². The van der Waals surface area contributed by atoms with Crippen LogP contribution in [0.4, 0.5) is 0 Å². The number of nitrogens with zero attached hydrogens (tertiary/aromatic N) is 2. The van der Waals surface area contributed by atoms with Gasteiger partial charge in [0.05, 0.1) is 0 Å². The minimum atomic E-state index is 0.300. The minimum Gasteiger partial charge on any atom is -0.342 e. The highest BCUT2D eigenvalue weighted by atomic mass is 16.2. The van der Waals surface area contributed by atoms with Gasteiger partial charge >= 0.3 is 0 Å². The third kappa shape index (κ3) is 2.10. The maximum absolute atomic E-state index is 11.3. The van der Waals surface area contributed by atoms with Crippen molar-refractivity contribution in [2.24, 2.45) is 0 Å². The number of pyridine rings is 1. The van der Waals surface area contributed by atoms with Gasteiger partial charge in [0.25, 0.3) is 0 Å². The largest absolute Gasteiger partial charge is 0.342 e. The van der Waals surface area contributed by atoms with Gasteiger partial charge in [0.15, 0.2) is 0 Å². The first-order valence-corrected chi connectivity index (χ1v) is 5.03. The first-order valence-electron chi connectivity index (χ1n) is 5.03. The molecule has 0 unspecified atom stereocenters. The quantitative estimate of drug-likeness (QED) is 0.718. The maximum Gasteiger partial charge on any atom is 0.222 e. The molecule has 0 N–H and O–H groups in total. The van der Waals surface area contributed by atoms with Crippen molar-refractivity contribution >= 4 is 5.91 Å². The van der Waals surface area contributed by atoms with Crippen LogP contribution >= 0.6 is 0 Å². The zero-order valence-corrected chi connectivity index (χ0v) is 8.15. The van der Waals surface area contributed by atoms with E-state index in [4.69, 9.17) is 0 Å². The summed E-state index contributed by atoms with van der Waals surface area (Å²) in [7, 11) is 0. The van der Waals surface area contributed by atoms with Crippen LogP contribution in [0.2, 0.25) is 0 Å². The molecule has 0 aliphatic carbocycles. The Kier molecular flexibility index (Phi) is 2.77. The van der Waals surface area contributed by atoms with Gasteiger partial charge in [-0.25, -0.2) is 0 Å². The van der Waals surface area contributed by atoms with Gasteiger partial charge in [0.1, 0.15) is 0 Å². The fourth-order valence-electron chi connectivity index (χ4n) is 1.75. The lowest BCUT2D eigenvalue weighted by atomic mass is 10.2. The molecule has 1 aromatic rings. The highest BCUT2D eigenvalue weighted by Gasteiger charge is 2.19. The van der Waals surface area contributed by atoms with Crippen LogP contribution in [0.1, 0.15) is 18.4 Å². The van der Waals surface area contributed by atoms with Gasteiger partial charge in [0.2, 0.25) is 5.91 Å². The number of hydrogen-bond donors (Lipinski definition) is 0. The molecule has 0 spiro atoms. The maximum atomic E-state index is 11.3. The van der Waals surface area contributed by atoms with Gasteiger partial charge in [-0.3, -0.25) is 9.78 Å². The Balaban J connectivity index is 1.85. The molecule has 3 heteroatoms. The summed E-state index contributed by atoms with van der Waals surface area (Å²) in [5.41, 5.74) is 1.20. The normalized spacial score (nSPS) is 16.3. The van der Waals surface area contributed by atoms with Gasteiger partial charge in [-0.15, -0.1) is 0 Å². The lowest BCUT2D eigenvalue weighted by molar-refractivity contribution is -0.127. The predicted octanol–water partition coefficient (Wildman–Crippen LogP) is 1.25. The molecule has 0 aromatic carbocycles. The molecule has 2 rings (SSSR count). The lowest BCUT2D eigenvalue weighted by Gasteiger charge is -2.14. The van der Waals surface area contributed by atoms with Crippen LogP contribution in [-0.2, 0) is 11.2 Å². The average molecular weight is 190 g/mol. The van der Waals surface area contributed by atoms with Crippen LogP contribution in [0.15, 0.2) is 24.5 Å². The molecule has 3 nitrogen and oxygen atoms in total. The summed E-state index contributed by atoms with van der Waals surface area (Å²) in [6.45, 7) is 1.77. The third-order valence-corrected chi connectivity index (χ3v) is 2.56. The Labute approximate surface area is 83.8 Å². The van der Waals surface area contributed by atoms with Gasteiger partial charge in [-0.05, 0) is 24.5 Å². The number of hydrogen-bond acceptors (Lipinski definition) is 2. The van der Waals surface area contributed by atoms with E-state index in [1.807, 2.05) is 23.2 Å². The number of carbonyl (C=O) groups excluding carboxylic acids is 1. The summed E-state index contributed by atoms with van der Waals surface area (Å²) in [5.74, 6) is 0.300. The van der Waals surface area contributed by atoms with Crippen molar-refractivity contribution in [2.45, 2.75) is 19.3 Å². The average Bonchev–Trinajstić information content (AvgIpc) is 2.63. The highest BCUT2D eigenvalue weighted by Crippen LogP contribution is 2.10. The van der Waals surface area contributed by atoms with E-state index in [2.05, 4.69) is 4.98 Å². The van der Waals surface area contributed by atoms with E-state index in [1.165, 1.54) is 5.56 Å². The molecule has 1 saturated heterocycles. The van der Waals surface area contributed by atoms with Gasteiger partial charge in [-0.2, -0.15) is 0 Å². The van der Waals surface area contributed by atoms with Crippen molar-refractivity contribution in [3.8, 4) is 0 Å². The topological polar surface area (TPSA) is 33.2 Å². The molecule has 1 fully saturated rings. The Morgan fingerprint density at radius 3 is 3.07 bits per heavy atom. The molecule has 0 bridgehead atoms. The monoisotopic (exact) mass is 190 g/mol. The van der Waals surface area contributed by atoms with Gasteiger partial charge < -0.3 is 4.90 Å². The van der Waals surface area contributed by atoms with Gasteiger partial charge in [0, 0.05) is 31.9 Å². The van der Waals surface area contributed by atoms with E-state index in [9.17, 15) is 4.79 Å². The van der Waals surface area contributed by atoms with E-state index >= 15 is 0 Å². The third-order valence-electron chi connectivity index (χ3n) is 2.56. The molecule has 1 amide bonds. The van der Waals surface area contributed by atoms with Crippen LogP contribution in [0, 0.1) is 0 Å². The summed E-state index contributed by atoms with van der Waals surface area (Å²) in [4.78, 5) is 17.3. The van der Waals surface area contributed by atoms with Crippen LogP contribution in [0.5, 0.6) is 0 Å². The minimum absolute atomic E-state index is 0.300. The second-order valence-electron chi connectivity index (χ2n) is 3.60. The summed E-state index contributed by atoms with van der Waals surface area (Å²) in [6.07, 6.45) is 6.30. The number of aromatic nitrogens is 1. The SMILES string of the molecule is O=C1CCCN1CCc1cccnc1. The van der Waals surface area contributed by atoms with Crippen LogP contribution < -0.4 is 0 Å². The molecule has 14 heavy (non-hydrogen) atoms. The molecular weight excluding hydrogens is 176 g/mol. The molecule has 0 atom stereocenters. The zero-order valence-electron chi connectivity index (χ0n) is 8.15. The zero-order chi connectivity index (χ0) is 9.80. The van der Waals surface area contributed by atoms with Crippen molar-refractivity contribution in [1.82, 2.24) is 9.88 Å². The van der Waals surface area contributed by atoms with Crippen LogP contribution in [-0.4, -0.2) is 28.9 Å². The second kappa shape index (κ2) is 4.22. The molecule has 1 aliphatic heterocycles. The fraction of sp³-hybridized carbons (Fsp3) is 0.455. The fourth-order valence-corrected chi connectivity index (χ4v) is 1.75. The van der Waals surface area contributed by atoms with E-state index in [0.29, 0.717) is 5.91 Å². The number of likely N-dealkylation sites (tertiary alicyclic amines) is 1. The van der Waals surface area contributed by atoms with Crippen molar-refractivity contribution in [1.29, 1.82) is 0 Å². The van der Waals surface area contributed by atoms with Crippen LogP contribution in [0.25, 0.3) is 0 Å². The number of carbonyl (C=O) groups is 1. The predicted molar refractivity (Wildman–Crippen MR) is 53.8 cm³/mol. The Hall–Kier alpha value is -1.38. The lowest BCUT2D eigenvalue weighted by Crippen LogP contribution is -2.26. The molecule has 0 radical (unpaired) electrons. The Morgan fingerprint density at radius 1 is 1.50 bits per heavy atom. The van der Waals surface area contributed by atoms with Crippen molar-refractivity contribution in [3.63, 3.8) is 0 Å². The van der Waals surface area contributed by atoms with E-state index < -0.39 is 0 Å². The molecule has 2 heterocycles. The smallest absolute Gasteiger partial charge is 0.222 e. The van der Waals surface area contributed by atoms with E-state index in [-0.39, 0.29) is 0 Å². The molecular formula is C11H14N2O. The van der Waals surface area contributed by atoms with Crippen molar-refractivity contribution < 1.29 is 4.79 Å². The molecule has 1 aliphatic rings.